The van der Waals surface area contributed by atoms with Crippen molar-refractivity contribution in [1.29, 1.82) is 0 Å². The van der Waals surface area contributed by atoms with Gasteiger partial charge in [-0.1, -0.05) is 36.4 Å². The van der Waals surface area contributed by atoms with E-state index in [-0.39, 0.29) is 0 Å². The van der Waals surface area contributed by atoms with E-state index in [1.165, 1.54) is 11.1 Å². The van der Waals surface area contributed by atoms with Crippen molar-refractivity contribution in [2.45, 2.75) is 19.5 Å². The van der Waals surface area contributed by atoms with Gasteiger partial charge >= 0.3 is 0 Å². The van der Waals surface area contributed by atoms with Gasteiger partial charge in [-0.3, -0.25) is 0 Å². The van der Waals surface area contributed by atoms with Gasteiger partial charge in [-0.2, -0.15) is 0 Å². The Bertz CT molecular complexity index is 926. The van der Waals surface area contributed by atoms with Gasteiger partial charge in [0.05, 0.1) is 7.11 Å². The maximum atomic E-state index is 6.39. The Hall–Kier alpha value is -3.28. The SMILES string of the molecule is COc1ccc(CNc2ncnc(N3CCc4ccccc4C3)c2N)cc1. The predicted molar refractivity (Wildman–Crippen MR) is 108 cm³/mol. The molecule has 4 rings (SSSR count). The Balaban J connectivity index is 1.49. The van der Waals surface area contributed by atoms with E-state index in [1.54, 1.807) is 13.4 Å². The third kappa shape index (κ3) is 3.65. The number of nitrogens with two attached hydrogens (primary N) is 1. The average molecular weight is 361 g/mol. The van der Waals surface area contributed by atoms with Crippen LogP contribution in [0.25, 0.3) is 0 Å². The number of benzene rings is 2. The van der Waals surface area contributed by atoms with E-state index in [9.17, 15) is 0 Å². The van der Waals surface area contributed by atoms with Crippen LogP contribution < -0.4 is 20.7 Å². The smallest absolute Gasteiger partial charge is 0.157 e. The molecule has 1 aliphatic heterocycles. The Kier molecular flexibility index (Phi) is 4.78. The van der Waals surface area contributed by atoms with Crippen molar-refractivity contribution in [2.75, 3.05) is 29.6 Å². The fourth-order valence-electron chi connectivity index (χ4n) is 3.38. The summed E-state index contributed by atoms with van der Waals surface area (Å²) in [6.07, 6.45) is 2.57. The predicted octanol–water partition coefficient (Wildman–Crippen LogP) is 3.24. The van der Waals surface area contributed by atoms with Crippen molar-refractivity contribution in [1.82, 2.24) is 9.97 Å². The Morgan fingerprint density at radius 1 is 1.07 bits per heavy atom. The first-order valence-electron chi connectivity index (χ1n) is 9.03. The molecule has 0 radical (unpaired) electrons. The van der Waals surface area contributed by atoms with Crippen molar-refractivity contribution in [3.63, 3.8) is 0 Å². The molecule has 0 atom stereocenters. The molecule has 0 aliphatic carbocycles. The zero-order valence-corrected chi connectivity index (χ0v) is 15.4. The lowest BCUT2D eigenvalue weighted by molar-refractivity contribution is 0.414. The Labute approximate surface area is 159 Å². The normalized spacial score (nSPS) is 13.1. The number of anilines is 3. The number of hydrogen-bond donors (Lipinski definition) is 2. The van der Waals surface area contributed by atoms with Crippen molar-refractivity contribution in [3.05, 3.63) is 71.5 Å². The molecule has 138 valence electrons. The second-order valence-electron chi connectivity index (χ2n) is 6.60. The van der Waals surface area contributed by atoms with Crippen LogP contribution in [0.4, 0.5) is 17.3 Å². The van der Waals surface area contributed by atoms with Crippen LogP contribution in [0.2, 0.25) is 0 Å². The molecule has 0 spiro atoms. The summed E-state index contributed by atoms with van der Waals surface area (Å²) in [6, 6.07) is 16.5. The molecular formula is C21H23N5O. The zero-order valence-electron chi connectivity index (χ0n) is 15.4. The van der Waals surface area contributed by atoms with E-state index in [1.807, 2.05) is 24.3 Å². The Morgan fingerprint density at radius 3 is 2.63 bits per heavy atom. The van der Waals surface area contributed by atoms with Crippen molar-refractivity contribution >= 4 is 17.3 Å². The molecule has 1 aromatic heterocycles. The minimum absolute atomic E-state index is 0.588. The van der Waals surface area contributed by atoms with Crippen molar-refractivity contribution in [3.8, 4) is 5.75 Å². The van der Waals surface area contributed by atoms with Crippen LogP contribution in [0.15, 0.2) is 54.9 Å². The number of nitrogen functional groups attached to an aromatic ring is 1. The summed E-state index contributed by atoms with van der Waals surface area (Å²) in [4.78, 5) is 11.0. The molecule has 0 saturated carbocycles. The van der Waals surface area contributed by atoms with Crippen LogP contribution in [0, 0.1) is 0 Å². The van der Waals surface area contributed by atoms with Gasteiger partial charge in [-0.15, -0.1) is 0 Å². The lowest BCUT2D eigenvalue weighted by Crippen LogP contribution is -2.31. The van der Waals surface area contributed by atoms with Crippen LogP contribution in [0.1, 0.15) is 16.7 Å². The van der Waals surface area contributed by atoms with Gasteiger partial charge in [-0.05, 0) is 35.2 Å². The topological polar surface area (TPSA) is 76.3 Å². The van der Waals surface area contributed by atoms with E-state index >= 15 is 0 Å². The summed E-state index contributed by atoms with van der Waals surface area (Å²) in [7, 11) is 1.66. The van der Waals surface area contributed by atoms with Gasteiger partial charge in [0, 0.05) is 19.6 Å². The van der Waals surface area contributed by atoms with E-state index in [0.29, 0.717) is 18.1 Å². The van der Waals surface area contributed by atoms with Gasteiger partial charge in [0.15, 0.2) is 11.6 Å². The highest BCUT2D eigenvalue weighted by Crippen LogP contribution is 2.30. The summed E-state index contributed by atoms with van der Waals surface area (Å²) >= 11 is 0. The molecule has 0 bridgehead atoms. The number of rotatable bonds is 5. The molecule has 2 heterocycles. The highest BCUT2D eigenvalue weighted by Gasteiger charge is 2.20. The summed E-state index contributed by atoms with van der Waals surface area (Å²) < 4.78 is 5.19. The molecule has 3 aromatic rings. The minimum Gasteiger partial charge on any atom is -0.497 e. The van der Waals surface area contributed by atoms with Gasteiger partial charge in [-0.25, -0.2) is 9.97 Å². The summed E-state index contributed by atoms with van der Waals surface area (Å²) in [5.74, 6) is 2.29. The van der Waals surface area contributed by atoms with E-state index in [4.69, 9.17) is 10.5 Å². The quantitative estimate of drug-likeness (QED) is 0.727. The third-order valence-corrected chi connectivity index (χ3v) is 4.91. The molecule has 1 aliphatic rings. The second kappa shape index (κ2) is 7.53. The van der Waals surface area contributed by atoms with Gasteiger partial charge in [0.2, 0.25) is 0 Å². The molecule has 6 heteroatoms. The van der Waals surface area contributed by atoms with Crippen molar-refractivity contribution in [2.24, 2.45) is 0 Å². The standard InChI is InChI=1S/C21H23N5O/c1-27-18-8-6-15(7-9-18)12-23-20-19(22)21(25-14-24-20)26-11-10-16-4-2-3-5-17(16)13-26/h2-9,14H,10-13,22H2,1H3,(H,23,24,25). The van der Waals surface area contributed by atoms with Crippen LogP contribution in [-0.4, -0.2) is 23.6 Å². The van der Waals surface area contributed by atoms with Crippen LogP contribution in [-0.2, 0) is 19.5 Å². The first-order chi connectivity index (χ1) is 13.2. The van der Waals surface area contributed by atoms with E-state index in [2.05, 4.69) is 44.5 Å². The van der Waals surface area contributed by atoms with Crippen LogP contribution in [0.3, 0.4) is 0 Å². The third-order valence-electron chi connectivity index (χ3n) is 4.91. The summed E-state index contributed by atoms with van der Waals surface area (Å²) in [5.41, 5.74) is 10.8. The average Bonchev–Trinajstić information content (AvgIpc) is 2.73. The molecule has 2 aromatic carbocycles. The van der Waals surface area contributed by atoms with Gasteiger partial charge in [0.25, 0.3) is 0 Å². The van der Waals surface area contributed by atoms with E-state index in [0.717, 1.165) is 36.6 Å². The molecular weight excluding hydrogens is 338 g/mol. The van der Waals surface area contributed by atoms with Crippen LogP contribution >= 0.6 is 0 Å². The molecule has 0 unspecified atom stereocenters. The number of ether oxygens (including phenoxy) is 1. The summed E-state index contributed by atoms with van der Waals surface area (Å²) in [5, 5.41) is 3.32. The first-order valence-corrected chi connectivity index (χ1v) is 9.03. The maximum Gasteiger partial charge on any atom is 0.157 e. The second-order valence-corrected chi connectivity index (χ2v) is 6.60. The van der Waals surface area contributed by atoms with Gasteiger partial charge < -0.3 is 20.7 Å². The molecule has 27 heavy (non-hydrogen) atoms. The minimum atomic E-state index is 0.588. The lowest BCUT2D eigenvalue weighted by atomic mass is 10.00. The monoisotopic (exact) mass is 361 g/mol. The number of fused-ring (bicyclic) bond motifs is 1. The molecule has 0 saturated heterocycles. The van der Waals surface area contributed by atoms with Crippen molar-refractivity contribution < 1.29 is 4.74 Å². The number of methoxy groups -OCH3 is 1. The number of aromatic nitrogens is 2. The molecule has 0 fully saturated rings. The molecule has 3 N–H and O–H groups in total. The first kappa shape index (κ1) is 17.1. The fourth-order valence-corrected chi connectivity index (χ4v) is 3.38. The molecule has 6 nitrogen and oxygen atoms in total. The largest absolute Gasteiger partial charge is 0.497 e. The highest BCUT2D eigenvalue weighted by molar-refractivity contribution is 5.75. The van der Waals surface area contributed by atoms with Gasteiger partial charge in [0.1, 0.15) is 17.8 Å². The number of nitrogens with zero attached hydrogens (tertiary/aromatic N) is 3. The highest BCUT2D eigenvalue weighted by atomic mass is 16.5. The lowest BCUT2D eigenvalue weighted by Gasteiger charge is -2.30. The summed E-state index contributed by atoms with van der Waals surface area (Å²) in [6.45, 7) is 2.35. The Morgan fingerprint density at radius 2 is 1.85 bits per heavy atom. The molecule has 0 amide bonds. The van der Waals surface area contributed by atoms with Crippen LogP contribution in [0.5, 0.6) is 5.75 Å². The zero-order chi connectivity index (χ0) is 18.6. The maximum absolute atomic E-state index is 6.39. The number of hydrogen-bond acceptors (Lipinski definition) is 6. The number of nitrogens with one attached hydrogen (secondary N) is 1. The fraction of sp³-hybridized carbons (Fsp3) is 0.238. The van der Waals surface area contributed by atoms with E-state index < -0.39 is 0 Å².